The zero-order chi connectivity index (χ0) is 76.4. The minimum absolute atomic E-state index is 0.107. The number of hydrogen-bond donors (Lipinski definition) is 3. The first-order valence-corrected chi connectivity index (χ1v) is 47.0. The number of phosphoric ester groups is 2. The van der Waals surface area contributed by atoms with Crippen LogP contribution in [0.4, 0.5) is 0 Å². The molecule has 104 heavy (non-hydrogen) atoms. The SMILES string of the molecule is CCCCCCCCCCCCCCCCCCCCCCCC(=O)O[C@H](COC(=O)CCCCCCCCCCCCCCCC(C)C)COP(=O)(O)OC[C@@H](O)COP(=O)(O)OC[C@@H](COC(=O)CCCCCCCCCCCCCCC)OC(=O)CCCCCCCCCCCCC(C)CC. The second-order valence-corrected chi connectivity index (χ2v) is 34.2. The third-order valence-corrected chi connectivity index (χ3v) is 22.2. The molecule has 0 bridgehead atoms. The highest BCUT2D eigenvalue weighted by Gasteiger charge is 2.30. The summed E-state index contributed by atoms with van der Waals surface area (Å²) in [5.74, 6) is -0.508. The molecule has 0 saturated heterocycles. The highest BCUT2D eigenvalue weighted by atomic mass is 31.2. The van der Waals surface area contributed by atoms with Gasteiger partial charge in [0.05, 0.1) is 26.4 Å². The normalized spacial score (nSPS) is 14.1. The molecule has 0 aromatic carbocycles. The van der Waals surface area contributed by atoms with Crippen LogP contribution in [0.1, 0.15) is 452 Å². The van der Waals surface area contributed by atoms with E-state index in [1.807, 2.05) is 0 Å². The largest absolute Gasteiger partial charge is 0.472 e. The van der Waals surface area contributed by atoms with Crippen molar-refractivity contribution >= 4 is 39.5 Å². The maximum Gasteiger partial charge on any atom is 0.472 e. The smallest absolute Gasteiger partial charge is 0.462 e. The Morgan fingerprint density at radius 1 is 0.279 bits per heavy atom. The van der Waals surface area contributed by atoms with Crippen LogP contribution in [0.15, 0.2) is 0 Å². The minimum Gasteiger partial charge on any atom is -0.462 e. The number of ether oxygens (including phenoxy) is 4. The van der Waals surface area contributed by atoms with Crippen molar-refractivity contribution in [2.45, 2.75) is 471 Å². The highest BCUT2D eigenvalue weighted by Crippen LogP contribution is 2.45. The van der Waals surface area contributed by atoms with Crippen molar-refractivity contribution in [3.05, 3.63) is 0 Å². The Labute approximate surface area is 638 Å². The van der Waals surface area contributed by atoms with Gasteiger partial charge in [-0.05, 0) is 37.5 Å². The first kappa shape index (κ1) is 102. The minimum atomic E-state index is -4.97. The summed E-state index contributed by atoms with van der Waals surface area (Å²) in [6, 6.07) is 0. The van der Waals surface area contributed by atoms with Gasteiger partial charge in [0.1, 0.15) is 19.3 Å². The van der Waals surface area contributed by atoms with Crippen LogP contribution >= 0.6 is 15.6 Å². The molecule has 0 aliphatic heterocycles. The van der Waals surface area contributed by atoms with Gasteiger partial charge >= 0.3 is 39.5 Å². The quantitative estimate of drug-likeness (QED) is 0.0222. The summed E-state index contributed by atoms with van der Waals surface area (Å²) < 4.78 is 68.9. The fourth-order valence-corrected chi connectivity index (χ4v) is 14.8. The molecule has 0 amide bonds. The van der Waals surface area contributed by atoms with Crippen LogP contribution in [0, 0.1) is 11.8 Å². The van der Waals surface area contributed by atoms with Gasteiger partial charge in [0, 0.05) is 25.7 Å². The molecule has 0 aliphatic rings. The zero-order valence-electron chi connectivity index (χ0n) is 68.3. The van der Waals surface area contributed by atoms with E-state index >= 15 is 0 Å². The fourth-order valence-electron chi connectivity index (χ4n) is 13.2. The van der Waals surface area contributed by atoms with Crippen molar-refractivity contribution < 1.29 is 80.2 Å². The molecule has 3 N–H and O–H groups in total. The first-order chi connectivity index (χ1) is 50.4. The van der Waals surface area contributed by atoms with E-state index in [9.17, 15) is 43.2 Å². The Balaban J connectivity index is 5.25. The van der Waals surface area contributed by atoms with E-state index in [-0.39, 0.29) is 25.7 Å². The van der Waals surface area contributed by atoms with Crippen LogP contribution < -0.4 is 0 Å². The van der Waals surface area contributed by atoms with E-state index in [2.05, 4.69) is 41.5 Å². The lowest BCUT2D eigenvalue weighted by molar-refractivity contribution is -0.161. The van der Waals surface area contributed by atoms with E-state index in [4.69, 9.17) is 37.0 Å². The number of carbonyl (C=O) groups is 4. The molecule has 17 nitrogen and oxygen atoms in total. The van der Waals surface area contributed by atoms with E-state index in [1.165, 1.54) is 270 Å². The molecule has 3 unspecified atom stereocenters. The number of aliphatic hydroxyl groups is 1. The number of unbranched alkanes of at least 4 members (excludes halogenated alkanes) is 53. The van der Waals surface area contributed by atoms with Crippen LogP contribution in [-0.4, -0.2) is 96.7 Å². The van der Waals surface area contributed by atoms with Crippen molar-refractivity contribution in [1.82, 2.24) is 0 Å². The molecule has 0 rings (SSSR count). The Bertz CT molecular complexity index is 2000. The molecule has 0 fully saturated rings. The van der Waals surface area contributed by atoms with Gasteiger partial charge in [0.15, 0.2) is 12.2 Å². The number of aliphatic hydroxyl groups excluding tert-OH is 1. The third kappa shape index (κ3) is 76.8. The van der Waals surface area contributed by atoms with Crippen LogP contribution in [0.25, 0.3) is 0 Å². The Morgan fingerprint density at radius 3 is 0.731 bits per heavy atom. The van der Waals surface area contributed by atoms with Gasteiger partial charge in [0.2, 0.25) is 0 Å². The van der Waals surface area contributed by atoms with Gasteiger partial charge in [-0.25, -0.2) is 9.13 Å². The zero-order valence-corrected chi connectivity index (χ0v) is 70.1. The molecule has 0 aliphatic carbocycles. The van der Waals surface area contributed by atoms with Gasteiger partial charge in [-0.2, -0.15) is 0 Å². The summed E-state index contributed by atoms with van der Waals surface area (Å²) in [5.41, 5.74) is 0. The second-order valence-electron chi connectivity index (χ2n) is 31.3. The molecule has 0 heterocycles. The number of hydrogen-bond acceptors (Lipinski definition) is 15. The van der Waals surface area contributed by atoms with E-state index in [0.29, 0.717) is 25.7 Å². The van der Waals surface area contributed by atoms with Crippen LogP contribution in [0.2, 0.25) is 0 Å². The van der Waals surface area contributed by atoms with Crippen molar-refractivity contribution in [1.29, 1.82) is 0 Å². The molecule has 0 spiro atoms. The predicted molar refractivity (Wildman–Crippen MR) is 428 cm³/mol. The van der Waals surface area contributed by atoms with Gasteiger partial charge in [-0.1, -0.05) is 401 Å². The number of esters is 4. The maximum absolute atomic E-state index is 13.1. The lowest BCUT2D eigenvalue weighted by atomic mass is 9.99. The second kappa shape index (κ2) is 76.4. The van der Waals surface area contributed by atoms with Crippen LogP contribution in [0.3, 0.4) is 0 Å². The predicted octanol–water partition coefficient (Wildman–Crippen LogP) is 25.8. The number of rotatable bonds is 84. The van der Waals surface area contributed by atoms with Crippen molar-refractivity contribution in [3.63, 3.8) is 0 Å². The van der Waals surface area contributed by atoms with E-state index in [0.717, 1.165) is 102 Å². The summed E-state index contributed by atoms with van der Waals surface area (Å²) in [6.45, 7) is 9.71. The molecular weight excluding hydrogens is 1350 g/mol. The van der Waals surface area contributed by atoms with Crippen LogP contribution in [0.5, 0.6) is 0 Å². The molecule has 19 heteroatoms. The van der Waals surface area contributed by atoms with Gasteiger partial charge in [-0.3, -0.25) is 37.3 Å². The van der Waals surface area contributed by atoms with E-state index in [1.54, 1.807) is 0 Å². The molecule has 0 saturated carbocycles. The third-order valence-electron chi connectivity index (χ3n) is 20.3. The summed E-state index contributed by atoms with van der Waals surface area (Å²) in [7, 11) is -9.93. The average molecular weight is 1520 g/mol. The molecule has 0 aromatic rings. The summed E-state index contributed by atoms with van der Waals surface area (Å²) in [5, 5.41) is 10.7. The number of carbonyl (C=O) groups excluding carboxylic acids is 4. The fraction of sp³-hybridized carbons (Fsp3) is 0.953. The summed E-state index contributed by atoms with van der Waals surface area (Å²) in [4.78, 5) is 73.2. The lowest BCUT2D eigenvalue weighted by Crippen LogP contribution is -2.30. The van der Waals surface area contributed by atoms with Crippen molar-refractivity contribution in [3.8, 4) is 0 Å². The molecule has 0 radical (unpaired) electrons. The standard InChI is InChI=1S/C85H166O17P2/c1-7-10-12-14-16-18-20-22-23-24-25-26-27-28-29-33-38-45-51-57-63-69-84(89)101-80(73-96-83(88)68-62-56-50-44-37-34-30-32-35-41-47-53-59-65-77(4)5)75-99-103(91,92)97-71-79(86)72-98-104(93,94)100-76-81(74-95-82(87)67-61-55-49-43-36-31-21-19-17-15-13-11-8-2)102-85(90)70-64-58-52-46-40-39-42-48-54-60-66-78(6)9-3/h77-81,86H,7-76H2,1-6H3,(H,91,92)(H,93,94)/t78?,79-,80-,81-/m1/s1. The summed E-state index contributed by atoms with van der Waals surface area (Å²) in [6.07, 6.45) is 67.9. The van der Waals surface area contributed by atoms with Crippen LogP contribution in [-0.2, 0) is 65.4 Å². The average Bonchev–Trinajstić information content (AvgIpc) is 0.906. The molecule has 0 aromatic heterocycles. The van der Waals surface area contributed by atoms with E-state index < -0.39 is 97.5 Å². The van der Waals surface area contributed by atoms with Gasteiger partial charge in [-0.15, -0.1) is 0 Å². The highest BCUT2D eigenvalue weighted by molar-refractivity contribution is 7.47. The molecular formula is C85H166O17P2. The van der Waals surface area contributed by atoms with Gasteiger partial charge in [0.25, 0.3) is 0 Å². The van der Waals surface area contributed by atoms with Gasteiger partial charge < -0.3 is 33.8 Å². The summed E-state index contributed by atoms with van der Waals surface area (Å²) >= 11 is 0. The number of phosphoric acid groups is 2. The topological polar surface area (TPSA) is 237 Å². The molecule has 618 valence electrons. The Hall–Kier alpha value is -1.94. The van der Waals surface area contributed by atoms with Crippen molar-refractivity contribution in [2.75, 3.05) is 39.6 Å². The van der Waals surface area contributed by atoms with Crippen molar-refractivity contribution in [2.24, 2.45) is 11.8 Å². The lowest BCUT2D eigenvalue weighted by Gasteiger charge is -2.21. The molecule has 6 atom stereocenters. The first-order valence-electron chi connectivity index (χ1n) is 44.0. The Kier molecular flexibility index (Phi) is 75.0. The monoisotopic (exact) mass is 1520 g/mol. The Morgan fingerprint density at radius 2 is 0.490 bits per heavy atom. The maximum atomic E-state index is 13.1.